The van der Waals surface area contributed by atoms with E-state index < -0.39 is 11.4 Å². The molecule has 1 aliphatic heterocycles. The van der Waals surface area contributed by atoms with Crippen molar-refractivity contribution in [3.05, 3.63) is 34.9 Å². The minimum absolute atomic E-state index is 0.0644. The summed E-state index contributed by atoms with van der Waals surface area (Å²) < 4.78 is 0. The van der Waals surface area contributed by atoms with Gasteiger partial charge >= 0.3 is 5.97 Å². The SMILES string of the molecule is CC(C(=O)NCc1ccc(Cl)cc1)N1C[C@@H]2CCC[C@@]2(C(=O)O)C1. The summed E-state index contributed by atoms with van der Waals surface area (Å²) in [5, 5.41) is 13.2. The Morgan fingerprint density at radius 2 is 2.12 bits per heavy atom. The van der Waals surface area contributed by atoms with Crippen molar-refractivity contribution in [3.63, 3.8) is 0 Å². The van der Waals surface area contributed by atoms with Crippen molar-refractivity contribution < 1.29 is 14.7 Å². The van der Waals surface area contributed by atoms with Gasteiger partial charge in [0, 0.05) is 24.7 Å². The maximum Gasteiger partial charge on any atom is 0.311 e. The van der Waals surface area contributed by atoms with E-state index in [0.717, 1.165) is 24.8 Å². The van der Waals surface area contributed by atoms with Gasteiger partial charge in [0.05, 0.1) is 11.5 Å². The van der Waals surface area contributed by atoms with Gasteiger partial charge < -0.3 is 10.4 Å². The zero-order valence-corrected chi connectivity index (χ0v) is 14.6. The van der Waals surface area contributed by atoms with Gasteiger partial charge in [-0.2, -0.15) is 0 Å². The quantitative estimate of drug-likeness (QED) is 0.856. The summed E-state index contributed by atoms with van der Waals surface area (Å²) >= 11 is 5.85. The summed E-state index contributed by atoms with van der Waals surface area (Å²) in [6.07, 6.45) is 2.65. The van der Waals surface area contributed by atoms with E-state index in [1.807, 2.05) is 24.0 Å². The molecule has 6 heteroatoms. The number of rotatable bonds is 5. The third-order valence-electron chi connectivity index (χ3n) is 5.63. The molecule has 0 bridgehead atoms. The van der Waals surface area contributed by atoms with E-state index in [0.29, 0.717) is 24.7 Å². The number of carboxylic acids is 1. The first-order valence-electron chi connectivity index (χ1n) is 8.42. The van der Waals surface area contributed by atoms with Crippen molar-refractivity contribution in [1.29, 1.82) is 0 Å². The Labute approximate surface area is 147 Å². The molecule has 1 unspecified atom stereocenters. The van der Waals surface area contributed by atoms with Gasteiger partial charge in [-0.15, -0.1) is 0 Å². The van der Waals surface area contributed by atoms with Gasteiger partial charge in [-0.1, -0.05) is 30.2 Å². The van der Waals surface area contributed by atoms with Crippen molar-refractivity contribution in [2.45, 2.75) is 38.8 Å². The molecule has 0 spiro atoms. The number of nitrogens with one attached hydrogen (secondary N) is 1. The lowest BCUT2D eigenvalue weighted by molar-refractivity contribution is -0.149. The van der Waals surface area contributed by atoms with Crippen LogP contribution in [0, 0.1) is 11.3 Å². The first kappa shape index (κ1) is 17.2. The van der Waals surface area contributed by atoms with Gasteiger partial charge in [0.15, 0.2) is 0 Å². The third-order valence-corrected chi connectivity index (χ3v) is 5.88. The van der Waals surface area contributed by atoms with E-state index in [-0.39, 0.29) is 17.9 Å². The Balaban J connectivity index is 1.58. The lowest BCUT2D eigenvalue weighted by Crippen LogP contribution is -2.45. The second-order valence-electron chi connectivity index (χ2n) is 7.00. The predicted molar refractivity (Wildman–Crippen MR) is 91.7 cm³/mol. The molecule has 2 N–H and O–H groups in total. The van der Waals surface area contributed by atoms with Gasteiger partial charge in [0.1, 0.15) is 0 Å². The summed E-state index contributed by atoms with van der Waals surface area (Å²) in [5.74, 6) is -0.603. The number of nitrogens with zero attached hydrogens (tertiary/aromatic N) is 1. The summed E-state index contributed by atoms with van der Waals surface area (Å²) in [5.41, 5.74) is 0.338. The first-order valence-corrected chi connectivity index (χ1v) is 8.80. The number of carbonyl (C=O) groups is 2. The Hall–Kier alpha value is -1.59. The number of hydrogen-bond donors (Lipinski definition) is 2. The molecule has 3 rings (SSSR count). The molecule has 0 radical (unpaired) electrons. The molecule has 1 heterocycles. The molecular formula is C18H23ClN2O3. The zero-order valence-electron chi connectivity index (χ0n) is 13.8. The average molecular weight is 351 g/mol. The molecule has 0 aromatic heterocycles. The van der Waals surface area contributed by atoms with Gasteiger partial charge in [0.2, 0.25) is 5.91 Å². The number of carbonyl (C=O) groups excluding carboxylic acids is 1. The second-order valence-corrected chi connectivity index (χ2v) is 7.44. The molecule has 2 aliphatic rings. The minimum Gasteiger partial charge on any atom is -0.481 e. The van der Waals surface area contributed by atoms with Crippen LogP contribution in [-0.2, 0) is 16.1 Å². The number of fused-ring (bicyclic) bond motifs is 1. The topological polar surface area (TPSA) is 69.6 Å². The van der Waals surface area contributed by atoms with Crippen LogP contribution in [0.2, 0.25) is 5.02 Å². The average Bonchev–Trinajstić information content (AvgIpc) is 3.11. The largest absolute Gasteiger partial charge is 0.481 e. The summed E-state index contributed by atoms with van der Waals surface area (Å²) in [7, 11) is 0. The lowest BCUT2D eigenvalue weighted by atomic mass is 9.81. The highest BCUT2D eigenvalue weighted by Crippen LogP contribution is 2.49. The Morgan fingerprint density at radius 1 is 1.42 bits per heavy atom. The van der Waals surface area contributed by atoms with Gasteiger partial charge in [-0.25, -0.2) is 0 Å². The van der Waals surface area contributed by atoms with E-state index >= 15 is 0 Å². The number of amides is 1. The highest BCUT2D eigenvalue weighted by atomic mass is 35.5. The lowest BCUT2D eigenvalue weighted by Gasteiger charge is -2.26. The fourth-order valence-corrected chi connectivity index (χ4v) is 4.20. The normalized spacial score (nSPS) is 27.7. The minimum atomic E-state index is -0.707. The zero-order chi connectivity index (χ0) is 17.3. The second kappa shape index (κ2) is 6.73. The van der Waals surface area contributed by atoms with E-state index in [1.165, 1.54) is 0 Å². The fourth-order valence-electron chi connectivity index (χ4n) is 4.08. The van der Waals surface area contributed by atoms with Crippen LogP contribution in [-0.4, -0.2) is 41.0 Å². The van der Waals surface area contributed by atoms with Crippen LogP contribution in [0.4, 0.5) is 0 Å². The predicted octanol–water partition coefficient (Wildman–Crippen LogP) is 2.53. The van der Waals surface area contributed by atoms with Gasteiger partial charge in [-0.05, 0) is 43.4 Å². The smallest absolute Gasteiger partial charge is 0.311 e. The van der Waals surface area contributed by atoms with Gasteiger partial charge in [-0.3, -0.25) is 14.5 Å². The van der Waals surface area contributed by atoms with E-state index in [2.05, 4.69) is 5.32 Å². The molecule has 130 valence electrons. The van der Waals surface area contributed by atoms with Crippen LogP contribution in [0.25, 0.3) is 0 Å². The monoisotopic (exact) mass is 350 g/mol. The van der Waals surface area contributed by atoms with Crippen LogP contribution in [0.5, 0.6) is 0 Å². The van der Waals surface area contributed by atoms with E-state index in [9.17, 15) is 14.7 Å². The van der Waals surface area contributed by atoms with Crippen LogP contribution >= 0.6 is 11.6 Å². The summed E-state index contributed by atoms with van der Waals surface area (Å²) in [6, 6.07) is 7.04. The number of benzene rings is 1. The van der Waals surface area contributed by atoms with Crippen molar-refractivity contribution in [2.24, 2.45) is 11.3 Å². The molecule has 1 saturated carbocycles. The summed E-state index contributed by atoms with van der Waals surface area (Å²) in [6.45, 7) is 3.47. The fraction of sp³-hybridized carbons (Fsp3) is 0.556. The Bertz CT molecular complexity index is 634. The molecule has 1 amide bonds. The third kappa shape index (κ3) is 3.15. The van der Waals surface area contributed by atoms with Gasteiger partial charge in [0.25, 0.3) is 0 Å². The molecule has 1 aromatic rings. The van der Waals surface area contributed by atoms with Crippen LogP contribution < -0.4 is 5.32 Å². The highest BCUT2D eigenvalue weighted by molar-refractivity contribution is 6.30. The number of carboxylic acid groups (broad SMARTS) is 1. The molecule has 1 saturated heterocycles. The van der Waals surface area contributed by atoms with Crippen molar-refractivity contribution in [2.75, 3.05) is 13.1 Å². The molecule has 5 nitrogen and oxygen atoms in total. The first-order chi connectivity index (χ1) is 11.4. The van der Waals surface area contributed by atoms with Crippen molar-refractivity contribution >= 4 is 23.5 Å². The van der Waals surface area contributed by atoms with E-state index in [4.69, 9.17) is 11.6 Å². The van der Waals surface area contributed by atoms with Crippen LogP contribution in [0.1, 0.15) is 31.7 Å². The molecule has 24 heavy (non-hydrogen) atoms. The van der Waals surface area contributed by atoms with Crippen LogP contribution in [0.3, 0.4) is 0 Å². The summed E-state index contributed by atoms with van der Waals surface area (Å²) in [4.78, 5) is 26.2. The molecule has 3 atom stereocenters. The van der Waals surface area contributed by atoms with E-state index in [1.54, 1.807) is 12.1 Å². The molecule has 2 fully saturated rings. The molecule has 1 aliphatic carbocycles. The number of aliphatic carboxylic acids is 1. The van der Waals surface area contributed by atoms with Crippen LogP contribution in [0.15, 0.2) is 24.3 Å². The highest BCUT2D eigenvalue weighted by Gasteiger charge is 2.55. The standard InChI is InChI=1S/C18H23ClN2O3/c1-12(16(22)20-9-13-4-6-15(19)7-5-13)21-10-14-3-2-8-18(14,11-21)17(23)24/h4-7,12,14H,2-3,8-11H2,1H3,(H,20,22)(H,23,24)/t12?,14-,18+/m0/s1. The Morgan fingerprint density at radius 3 is 2.75 bits per heavy atom. The maximum absolute atomic E-state index is 12.4. The Kier molecular flexibility index (Phi) is 4.83. The van der Waals surface area contributed by atoms with Crippen molar-refractivity contribution in [1.82, 2.24) is 10.2 Å². The number of hydrogen-bond acceptors (Lipinski definition) is 3. The number of halogens is 1. The van der Waals surface area contributed by atoms with Crippen molar-refractivity contribution in [3.8, 4) is 0 Å². The molecule has 1 aromatic carbocycles. The maximum atomic E-state index is 12.4. The number of likely N-dealkylation sites (tertiary alicyclic amines) is 1. The molecular weight excluding hydrogens is 328 g/mol.